The SMILES string of the molecule is CCCCCCCCCCCCCOCCOCCOCCOCCOCCOCCOCCOCCOCCOCCOCCCCCCCCCCCC. The standard InChI is InChI=1S/C45H92O11/c1-3-5-7-9-11-13-15-17-19-21-23-25-47-27-29-49-31-33-51-35-37-53-39-41-55-43-45-56-44-42-54-40-38-52-36-34-50-32-30-48-28-26-46-24-22-20-18-16-14-12-10-8-6-4-2/h3-45H2,1-2H3. The van der Waals surface area contributed by atoms with Gasteiger partial charge >= 0.3 is 0 Å². The molecule has 0 saturated carbocycles. The van der Waals surface area contributed by atoms with Gasteiger partial charge in [-0.1, -0.05) is 136 Å². The van der Waals surface area contributed by atoms with Crippen LogP contribution in [0.15, 0.2) is 0 Å². The van der Waals surface area contributed by atoms with E-state index in [2.05, 4.69) is 13.8 Å². The Bertz CT molecular complexity index is 608. The summed E-state index contributed by atoms with van der Waals surface area (Å²) in [7, 11) is 0. The van der Waals surface area contributed by atoms with E-state index in [9.17, 15) is 0 Å². The Morgan fingerprint density at radius 2 is 0.268 bits per heavy atom. The first kappa shape index (κ1) is 55.6. The summed E-state index contributed by atoms with van der Waals surface area (Å²) in [5.41, 5.74) is 0. The van der Waals surface area contributed by atoms with Crippen LogP contribution in [0.3, 0.4) is 0 Å². The molecule has 0 fully saturated rings. The van der Waals surface area contributed by atoms with E-state index >= 15 is 0 Å². The fourth-order valence-corrected chi connectivity index (χ4v) is 5.86. The van der Waals surface area contributed by atoms with Crippen molar-refractivity contribution in [2.75, 3.05) is 145 Å². The van der Waals surface area contributed by atoms with Crippen molar-refractivity contribution in [3.05, 3.63) is 0 Å². The first-order valence-electron chi connectivity index (χ1n) is 23.3. The third-order valence-corrected chi connectivity index (χ3v) is 9.25. The van der Waals surface area contributed by atoms with Gasteiger partial charge in [0.25, 0.3) is 0 Å². The van der Waals surface area contributed by atoms with Crippen LogP contribution in [-0.4, -0.2) is 145 Å². The second kappa shape index (κ2) is 54.6. The van der Waals surface area contributed by atoms with Crippen molar-refractivity contribution in [2.45, 2.75) is 149 Å². The van der Waals surface area contributed by atoms with Crippen molar-refractivity contribution in [3.8, 4) is 0 Å². The number of rotatable bonds is 53. The Morgan fingerprint density at radius 3 is 0.429 bits per heavy atom. The molecular weight excluding hydrogens is 716 g/mol. The van der Waals surface area contributed by atoms with Crippen molar-refractivity contribution in [1.82, 2.24) is 0 Å². The van der Waals surface area contributed by atoms with E-state index in [0.29, 0.717) is 132 Å². The van der Waals surface area contributed by atoms with Crippen molar-refractivity contribution >= 4 is 0 Å². The van der Waals surface area contributed by atoms with Gasteiger partial charge in [-0.15, -0.1) is 0 Å². The van der Waals surface area contributed by atoms with Crippen molar-refractivity contribution in [3.63, 3.8) is 0 Å². The zero-order chi connectivity index (χ0) is 40.2. The van der Waals surface area contributed by atoms with Crippen LogP contribution < -0.4 is 0 Å². The molecule has 0 aliphatic carbocycles. The topological polar surface area (TPSA) is 102 Å². The molecule has 0 rings (SSSR count). The highest BCUT2D eigenvalue weighted by atomic mass is 16.6. The number of ether oxygens (including phenoxy) is 11. The molecule has 0 spiro atoms. The molecule has 0 aliphatic rings. The van der Waals surface area contributed by atoms with E-state index in [1.807, 2.05) is 0 Å². The average molecular weight is 809 g/mol. The summed E-state index contributed by atoms with van der Waals surface area (Å²) < 4.78 is 61.2. The molecule has 0 atom stereocenters. The van der Waals surface area contributed by atoms with Crippen LogP contribution in [0.25, 0.3) is 0 Å². The normalized spacial score (nSPS) is 11.7. The van der Waals surface area contributed by atoms with E-state index in [-0.39, 0.29) is 0 Å². The van der Waals surface area contributed by atoms with Crippen LogP contribution in [0.5, 0.6) is 0 Å². The smallest absolute Gasteiger partial charge is 0.0701 e. The molecule has 0 aromatic rings. The molecule has 11 heteroatoms. The van der Waals surface area contributed by atoms with Crippen LogP contribution >= 0.6 is 0 Å². The van der Waals surface area contributed by atoms with Gasteiger partial charge in [-0.2, -0.15) is 0 Å². The van der Waals surface area contributed by atoms with E-state index in [1.165, 1.54) is 122 Å². The maximum atomic E-state index is 5.67. The predicted molar refractivity (Wildman–Crippen MR) is 227 cm³/mol. The zero-order valence-electron chi connectivity index (χ0n) is 36.9. The Balaban J connectivity index is 3.05. The summed E-state index contributed by atoms with van der Waals surface area (Å²) in [6.45, 7) is 17.5. The van der Waals surface area contributed by atoms with Gasteiger partial charge in [0.05, 0.1) is 132 Å². The highest BCUT2D eigenvalue weighted by Gasteiger charge is 1.98. The lowest BCUT2D eigenvalue weighted by Gasteiger charge is -2.09. The fourth-order valence-electron chi connectivity index (χ4n) is 5.86. The van der Waals surface area contributed by atoms with Gasteiger partial charge in [0.1, 0.15) is 0 Å². The molecule has 0 aromatic carbocycles. The Morgan fingerprint density at radius 1 is 0.143 bits per heavy atom. The van der Waals surface area contributed by atoms with E-state index in [1.54, 1.807) is 0 Å². The molecule has 338 valence electrons. The third kappa shape index (κ3) is 53.6. The lowest BCUT2D eigenvalue weighted by atomic mass is 10.1. The van der Waals surface area contributed by atoms with Gasteiger partial charge in [0.2, 0.25) is 0 Å². The van der Waals surface area contributed by atoms with Crippen LogP contribution in [0, 0.1) is 0 Å². The quantitative estimate of drug-likeness (QED) is 0.0550. The molecule has 0 amide bonds. The minimum absolute atomic E-state index is 0.529. The van der Waals surface area contributed by atoms with Gasteiger partial charge in [0.15, 0.2) is 0 Å². The lowest BCUT2D eigenvalue weighted by Crippen LogP contribution is -2.15. The maximum Gasteiger partial charge on any atom is 0.0701 e. The summed E-state index contributed by atoms with van der Waals surface area (Å²) in [4.78, 5) is 0. The molecule has 0 N–H and O–H groups in total. The first-order valence-corrected chi connectivity index (χ1v) is 23.3. The van der Waals surface area contributed by atoms with E-state index < -0.39 is 0 Å². The van der Waals surface area contributed by atoms with Gasteiger partial charge in [-0.3, -0.25) is 0 Å². The minimum atomic E-state index is 0.529. The summed E-state index contributed by atoms with van der Waals surface area (Å²) in [5.74, 6) is 0. The molecule has 0 bridgehead atoms. The monoisotopic (exact) mass is 809 g/mol. The van der Waals surface area contributed by atoms with Gasteiger partial charge in [-0.05, 0) is 12.8 Å². The van der Waals surface area contributed by atoms with Gasteiger partial charge in [-0.25, -0.2) is 0 Å². The fraction of sp³-hybridized carbons (Fsp3) is 1.00. The number of hydrogen-bond donors (Lipinski definition) is 0. The lowest BCUT2D eigenvalue weighted by molar-refractivity contribution is -0.0275. The number of hydrogen-bond acceptors (Lipinski definition) is 11. The van der Waals surface area contributed by atoms with Crippen LogP contribution in [0.2, 0.25) is 0 Å². The molecule has 0 aromatic heterocycles. The maximum absolute atomic E-state index is 5.67. The minimum Gasteiger partial charge on any atom is -0.379 e. The zero-order valence-corrected chi connectivity index (χ0v) is 36.9. The van der Waals surface area contributed by atoms with Crippen LogP contribution in [0.1, 0.15) is 149 Å². The van der Waals surface area contributed by atoms with Crippen LogP contribution in [0.4, 0.5) is 0 Å². The van der Waals surface area contributed by atoms with Crippen molar-refractivity contribution < 1.29 is 52.1 Å². The molecule has 0 aliphatic heterocycles. The molecular formula is C45H92O11. The van der Waals surface area contributed by atoms with Gasteiger partial charge < -0.3 is 52.1 Å². The Hall–Kier alpha value is -0.440. The first-order chi connectivity index (χ1) is 27.9. The second-order valence-corrected chi connectivity index (χ2v) is 14.5. The predicted octanol–water partition coefficient (Wildman–Crippen LogP) is 9.40. The molecule has 0 radical (unpaired) electrons. The molecule has 0 unspecified atom stereocenters. The molecule has 56 heavy (non-hydrogen) atoms. The molecule has 11 nitrogen and oxygen atoms in total. The average Bonchev–Trinajstić information content (AvgIpc) is 3.21. The Labute approximate surface area is 345 Å². The van der Waals surface area contributed by atoms with Crippen LogP contribution in [-0.2, 0) is 52.1 Å². The Kier molecular flexibility index (Phi) is 54.1. The largest absolute Gasteiger partial charge is 0.379 e. The highest BCUT2D eigenvalue weighted by molar-refractivity contribution is 4.49. The van der Waals surface area contributed by atoms with E-state index in [0.717, 1.165) is 26.1 Å². The second-order valence-electron chi connectivity index (χ2n) is 14.5. The molecule has 0 saturated heterocycles. The molecule has 0 heterocycles. The highest BCUT2D eigenvalue weighted by Crippen LogP contribution is 2.12. The van der Waals surface area contributed by atoms with E-state index in [4.69, 9.17) is 52.1 Å². The summed E-state index contributed by atoms with van der Waals surface area (Å²) in [6.07, 6.45) is 28.3. The van der Waals surface area contributed by atoms with Crippen molar-refractivity contribution in [2.24, 2.45) is 0 Å². The summed E-state index contributed by atoms with van der Waals surface area (Å²) in [5, 5.41) is 0. The number of unbranched alkanes of at least 4 members (excludes halogenated alkanes) is 19. The van der Waals surface area contributed by atoms with Gasteiger partial charge in [0, 0.05) is 13.2 Å². The summed E-state index contributed by atoms with van der Waals surface area (Å²) >= 11 is 0. The third-order valence-electron chi connectivity index (χ3n) is 9.25. The summed E-state index contributed by atoms with van der Waals surface area (Å²) in [6, 6.07) is 0. The van der Waals surface area contributed by atoms with Crippen molar-refractivity contribution in [1.29, 1.82) is 0 Å².